The molecule has 0 radical (unpaired) electrons. The van der Waals surface area contributed by atoms with Gasteiger partial charge >= 0.3 is 0 Å². The molecule has 3 atom stereocenters. The molecule has 1 aromatic carbocycles. The molecule has 0 amide bonds. The summed E-state index contributed by atoms with van der Waals surface area (Å²) >= 11 is 0. The van der Waals surface area contributed by atoms with Crippen molar-refractivity contribution in [2.24, 2.45) is 0 Å². The summed E-state index contributed by atoms with van der Waals surface area (Å²) in [5.41, 5.74) is 1.48. The summed E-state index contributed by atoms with van der Waals surface area (Å²) in [4.78, 5) is 0. The molecular weight excluding hydrogens is 234 g/mol. The van der Waals surface area contributed by atoms with Crippen LogP contribution in [0.25, 0.3) is 0 Å². The minimum atomic E-state index is -0.168. The van der Waals surface area contributed by atoms with Crippen molar-refractivity contribution >= 4 is 0 Å². The smallest absolute Gasteiger partial charge is 0.0512 e. The minimum Gasteiger partial charge on any atom is -0.393 e. The molecule has 2 N–H and O–H groups in total. The fourth-order valence-corrected chi connectivity index (χ4v) is 3.16. The average molecular weight is 261 g/mol. The van der Waals surface area contributed by atoms with E-state index in [1.165, 1.54) is 31.2 Å². The lowest BCUT2D eigenvalue weighted by Gasteiger charge is -2.33. The predicted molar refractivity (Wildman–Crippen MR) is 80.4 cm³/mol. The Balaban J connectivity index is 1.86. The Kier molecular flexibility index (Phi) is 5.87. The van der Waals surface area contributed by atoms with Crippen LogP contribution in [0.5, 0.6) is 0 Å². The molecular formula is C17H27NO. The lowest BCUT2D eigenvalue weighted by Crippen LogP contribution is -2.37. The Morgan fingerprint density at radius 3 is 2.68 bits per heavy atom. The number of nitrogens with one attached hydrogen (secondary N) is 1. The number of aliphatic hydroxyl groups is 1. The van der Waals surface area contributed by atoms with Crippen LogP contribution in [0.15, 0.2) is 30.3 Å². The first-order chi connectivity index (χ1) is 9.27. The van der Waals surface area contributed by atoms with E-state index in [4.69, 9.17) is 0 Å². The highest BCUT2D eigenvalue weighted by Gasteiger charge is 2.25. The Bertz CT molecular complexity index is 350. The molecule has 0 bridgehead atoms. The molecule has 106 valence electrons. The van der Waals surface area contributed by atoms with Crippen LogP contribution in [0, 0.1) is 0 Å². The molecule has 3 unspecified atom stereocenters. The van der Waals surface area contributed by atoms with Crippen molar-refractivity contribution in [3.63, 3.8) is 0 Å². The molecule has 0 spiro atoms. The number of rotatable bonds is 6. The summed E-state index contributed by atoms with van der Waals surface area (Å²) in [6, 6.07) is 11.5. The topological polar surface area (TPSA) is 32.3 Å². The first-order valence-corrected chi connectivity index (χ1v) is 7.74. The van der Waals surface area contributed by atoms with Crippen molar-refractivity contribution in [3.05, 3.63) is 35.9 Å². The number of aliphatic hydroxyl groups excluding tert-OH is 1. The standard InChI is InChI=1S/C17H27NO/c1-14(19)8-7-13-18-17-12-6-5-11-16(17)15-9-3-2-4-10-15/h2-4,9-10,14,16-19H,5-8,11-13H2,1H3. The molecule has 0 aromatic heterocycles. The van der Waals surface area contributed by atoms with Crippen LogP contribution in [0.2, 0.25) is 0 Å². The lowest BCUT2D eigenvalue weighted by atomic mass is 9.80. The second-order valence-electron chi connectivity index (χ2n) is 5.85. The number of hydrogen-bond acceptors (Lipinski definition) is 2. The highest BCUT2D eigenvalue weighted by Crippen LogP contribution is 2.32. The third-order valence-electron chi connectivity index (χ3n) is 4.20. The summed E-state index contributed by atoms with van der Waals surface area (Å²) < 4.78 is 0. The van der Waals surface area contributed by atoms with E-state index in [0.717, 1.165) is 19.4 Å². The summed E-state index contributed by atoms with van der Waals surface area (Å²) in [6.07, 6.45) is 7.08. The number of hydrogen-bond donors (Lipinski definition) is 2. The van der Waals surface area contributed by atoms with Gasteiger partial charge in [-0.3, -0.25) is 0 Å². The maximum absolute atomic E-state index is 9.29. The Labute approximate surface area is 117 Å². The quantitative estimate of drug-likeness (QED) is 0.769. The van der Waals surface area contributed by atoms with Gasteiger partial charge in [0.2, 0.25) is 0 Å². The largest absolute Gasteiger partial charge is 0.393 e. The fraction of sp³-hybridized carbons (Fsp3) is 0.647. The van der Waals surface area contributed by atoms with Crippen LogP contribution in [0.4, 0.5) is 0 Å². The van der Waals surface area contributed by atoms with Gasteiger partial charge in [-0.05, 0) is 50.6 Å². The van der Waals surface area contributed by atoms with Gasteiger partial charge in [-0.15, -0.1) is 0 Å². The molecule has 2 nitrogen and oxygen atoms in total. The minimum absolute atomic E-state index is 0.168. The highest BCUT2D eigenvalue weighted by molar-refractivity contribution is 5.21. The molecule has 2 heteroatoms. The molecule has 2 rings (SSSR count). The zero-order valence-corrected chi connectivity index (χ0v) is 12.0. The first kappa shape index (κ1) is 14.5. The van der Waals surface area contributed by atoms with E-state index in [-0.39, 0.29) is 6.10 Å². The van der Waals surface area contributed by atoms with Crippen LogP contribution in [-0.2, 0) is 0 Å². The molecule has 1 aromatic rings. The van der Waals surface area contributed by atoms with Crippen molar-refractivity contribution in [2.75, 3.05) is 6.54 Å². The summed E-state index contributed by atoms with van der Waals surface area (Å²) in [5, 5.41) is 13.0. The monoisotopic (exact) mass is 261 g/mol. The average Bonchev–Trinajstić information content (AvgIpc) is 2.45. The van der Waals surface area contributed by atoms with Crippen LogP contribution in [0.3, 0.4) is 0 Å². The van der Waals surface area contributed by atoms with Crippen molar-refractivity contribution in [1.82, 2.24) is 5.32 Å². The van der Waals surface area contributed by atoms with E-state index in [2.05, 4.69) is 35.6 Å². The van der Waals surface area contributed by atoms with Crippen molar-refractivity contribution < 1.29 is 5.11 Å². The Morgan fingerprint density at radius 2 is 1.95 bits per heavy atom. The second-order valence-corrected chi connectivity index (χ2v) is 5.85. The van der Waals surface area contributed by atoms with Crippen molar-refractivity contribution in [1.29, 1.82) is 0 Å². The van der Waals surface area contributed by atoms with Gasteiger partial charge in [-0.2, -0.15) is 0 Å². The normalized spacial score (nSPS) is 25.2. The molecule has 19 heavy (non-hydrogen) atoms. The zero-order chi connectivity index (χ0) is 13.5. The summed E-state index contributed by atoms with van der Waals surface area (Å²) in [6.45, 7) is 2.90. The van der Waals surface area contributed by atoms with Gasteiger partial charge in [0, 0.05) is 6.04 Å². The van der Waals surface area contributed by atoms with E-state index in [0.29, 0.717) is 12.0 Å². The summed E-state index contributed by atoms with van der Waals surface area (Å²) in [5.74, 6) is 0.668. The van der Waals surface area contributed by atoms with E-state index < -0.39 is 0 Å². The van der Waals surface area contributed by atoms with Crippen molar-refractivity contribution in [2.45, 2.75) is 63.5 Å². The highest BCUT2D eigenvalue weighted by atomic mass is 16.3. The maximum Gasteiger partial charge on any atom is 0.0512 e. The van der Waals surface area contributed by atoms with E-state index in [1.54, 1.807) is 0 Å². The van der Waals surface area contributed by atoms with E-state index in [9.17, 15) is 5.11 Å². The number of benzene rings is 1. The van der Waals surface area contributed by atoms with Gasteiger partial charge in [0.25, 0.3) is 0 Å². The molecule has 1 fully saturated rings. The predicted octanol–water partition coefficient (Wildman–Crippen LogP) is 3.46. The zero-order valence-electron chi connectivity index (χ0n) is 12.0. The van der Waals surface area contributed by atoms with Gasteiger partial charge in [0.05, 0.1) is 6.10 Å². The first-order valence-electron chi connectivity index (χ1n) is 7.74. The van der Waals surface area contributed by atoms with Crippen LogP contribution >= 0.6 is 0 Å². The molecule has 1 aliphatic carbocycles. The van der Waals surface area contributed by atoms with Crippen LogP contribution in [0.1, 0.15) is 56.9 Å². The third-order valence-corrected chi connectivity index (χ3v) is 4.20. The molecule has 0 heterocycles. The van der Waals surface area contributed by atoms with E-state index >= 15 is 0 Å². The SMILES string of the molecule is CC(O)CCCNC1CCCCC1c1ccccc1. The molecule has 0 aliphatic heterocycles. The second kappa shape index (κ2) is 7.66. The Hall–Kier alpha value is -0.860. The van der Waals surface area contributed by atoms with Gasteiger partial charge in [0.15, 0.2) is 0 Å². The molecule has 0 saturated heterocycles. The van der Waals surface area contributed by atoms with Gasteiger partial charge < -0.3 is 10.4 Å². The fourth-order valence-electron chi connectivity index (χ4n) is 3.16. The van der Waals surface area contributed by atoms with E-state index in [1.807, 2.05) is 6.92 Å². The molecule has 1 aliphatic rings. The lowest BCUT2D eigenvalue weighted by molar-refractivity contribution is 0.180. The Morgan fingerprint density at radius 1 is 1.21 bits per heavy atom. The van der Waals surface area contributed by atoms with Gasteiger partial charge in [0.1, 0.15) is 0 Å². The van der Waals surface area contributed by atoms with Gasteiger partial charge in [-0.25, -0.2) is 0 Å². The molecule has 1 saturated carbocycles. The van der Waals surface area contributed by atoms with Crippen molar-refractivity contribution in [3.8, 4) is 0 Å². The summed E-state index contributed by atoms with van der Waals surface area (Å²) in [7, 11) is 0. The third kappa shape index (κ3) is 4.63. The van der Waals surface area contributed by atoms with Gasteiger partial charge in [-0.1, -0.05) is 43.2 Å². The van der Waals surface area contributed by atoms with Crippen LogP contribution < -0.4 is 5.32 Å². The van der Waals surface area contributed by atoms with Crippen LogP contribution in [-0.4, -0.2) is 23.8 Å². The maximum atomic E-state index is 9.29.